The largest absolute Gasteiger partial charge is 0.504 e. The lowest BCUT2D eigenvalue weighted by atomic mass is 9.94. The van der Waals surface area contributed by atoms with E-state index in [0.717, 1.165) is 31.2 Å². The monoisotopic (exact) mass is 424 g/mol. The van der Waals surface area contributed by atoms with Crippen LogP contribution in [-0.4, -0.2) is 33.7 Å². The average Bonchev–Trinajstić information content (AvgIpc) is 2.87. The van der Waals surface area contributed by atoms with E-state index in [1.165, 1.54) is 6.42 Å². The Morgan fingerprint density at radius 1 is 1.40 bits per heavy atom. The van der Waals surface area contributed by atoms with Crippen LogP contribution in [0.15, 0.2) is 22.3 Å². The molecule has 1 aliphatic heterocycles. The Bertz CT molecular complexity index is 729. The van der Waals surface area contributed by atoms with Crippen molar-refractivity contribution in [3.8, 4) is 11.5 Å². The van der Waals surface area contributed by atoms with Crippen molar-refractivity contribution in [2.24, 2.45) is 0 Å². The number of amides is 1. The minimum Gasteiger partial charge on any atom is -0.504 e. The molecule has 1 aromatic rings. The summed E-state index contributed by atoms with van der Waals surface area (Å²) in [5.74, 6) is 0.352. The molecule has 0 unspecified atom stereocenters. The molecule has 7 heteroatoms. The van der Waals surface area contributed by atoms with Crippen LogP contribution >= 0.6 is 28.1 Å². The highest BCUT2D eigenvalue weighted by atomic mass is 79.9. The van der Waals surface area contributed by atoms with Crippen LogP contribution in [0.25, 0.3) is 6.08 Å². The zero-order valence-corrected chi connectivity index (χ0v) is 16.5. The summed E-state index contributed by atoms with van der Waals surface area (Å²) < 4.78 is 6.10. The molecule has 2 fully saturated rings. The fourth-order valence-corrected chi connectivity index (χ4v) is 4.10. The lowest BCUT2D eigenvalue weighted by molar-refractivity contribution is -0.124. The van der Waals surface area contributed by atoms with Gasteiger partial charge in [0.1, 0.15) is 5.70 Å². The number of nitrogens with one attached hydrogen (secondary N) is 1. The van der Waals surface area contributed by atoms with Gasteiger partial charge in [-0.15, -0.1) is 0 Å². The van der Waals surface area contributed by atoms with E-state index in [1.54, 1.807) is 23.1 Å². The Kier molecular flexibility index (Phi) is 5.64. The second kappa shape index (κ2) is 7.74. The summed E-state index contributed by atoms with van der Waals surface area (Å²) in [7, 11) is 0. The first-order chi connectivity index (χ1) is 12.0. The van der Waals surface area contributed by atoms with Gasteiger partial charge in [0.2, 0.25) is 0 Å². The van der Waals surface area contributed by atoms with Crippen molar-refractivity contribution in [2.45, 2.75) is 45.1 Å². The Labute approximate surface area is 161 Å². The lowest BCUT2D eigenvalue weighted by Gasteiger charge is -2.29. The van der Waals surface area contributed by atoms with Gasteiger partial charge in [-0.1, -0.05) is 35.2 Å². The first-order valence-electron chi connectivity index (χ1n) is 8.52. The number of hydrogen-bond donors (Lipinski definition) is 2. The van der Waals surface area contributed by atoms with Crippen molar-refractivity contribution in [1.82, 2.24) is 10.2 Å². The first kappa shape index (κ1) is 18.2. The molecule has 5 nitrogen and oxygen atoms in total. The zero-order chi connectivity index (χ0) is 18.0. The van der Waals surface area contributed by atoms with Gasteiger partial charge >= 0.3 is 0 Å². The van der Waals surface area contributed by atoms with Crippen molar-refractivity contribution in [3.05, 3.63) is 27.9 Å². The number of carbonyl (C=O) groups excluding carboxylic acids is 1. The van der Waals surface area contributed by atoms with Crippen LogP contribution in [0.5, 0.6) is 11.5 Å². The predicted molar refractivity (Wildman–Crippen MR) is 104 cm³/mol. The van der Waals surface area contributed by atoms with Gasteiger partial charge in [0, 0.05) is 10.5 Å². The van der Waals surface area contributed by atoms with E-state index in [4.69, 9.17) is 17.0 Å². The highest BCUT2D eigenvalue weighted by Gasteiger charge is 2.36. The minimum atomic E-state index is -0.0881. The molecule has 1 amide bonds. The predicted octanol–water partition coefficient (Wildman–Crippen LogP) is 3.94. The molecule has 0 spiro atoms. The number of phenolic OH excluding ortho intramolecular Hbond substituents is 1. The molecule has 25 heavy (non-hydrogen) atoms. The summed E-state index contributed by atoms with van der Waals surface area (Å²) in [5.41, 5.74) is 1.19. The van der Waals surface area contributed by atoms with Crippen LogP contribution < -0.4 is 10.1 Å². The number of nitrogens with zero attached hydrogens (tertiary/aromatic N) is 1. The van der Waals surface area contributed by atoms with Crippen molar-refractivity contribution < 1.29 is 14.6 Å². The van der Waals surface area contributed by atoms with Gasteiger partial charge in [-0.2, -0.15) is 0 Å². The molecular weight excluding hydrogens is 404 g/mol. The quantitative estimate of drug-likeness (QED) is 0.565. The number of rotatable bonds is 4. The van der Waals surface area contributed by atoms with E-state index in [0.29, 0.717) is 27.6 Å². The lowest BCUT2D eigenvalue weighted by Crippen LogP contribution is -2.41. The number of carbonyl (C=O) groups is 1. The van der Waals surface area contributed by atoms with Crippen LogP contribution in [0.4, 0.5) is 0 Å². The second-order valence-corrected chi connectivity index (χ2v) is 7.47. The van der Waals surface area contributed by atoms with Gasteiger partial charge in [0.25, 0.3) is 5.91 Å². The van der Waals surface area contributed by atoms with Crippen molar-refractivity contribution in [3.63, 3.8) is 0 Å². The molecular formula is C18H21BrN2O3S. The Morgan fingerprint density at radius 2 is 2.12 bits per heavy atom. The van der Waals surface area contributed by atoms with E-state index in [2.05, 4.69) is 21.2 Å². The molecule has 1 aromatic carbocycles. The van der Waals surface area contributed by atoms with Gasteiger partial charge in [-0.3, -0.25) is 9.69 Å². The molecule has 0 atom stereocenters. The van der Waals surface area contributed by atoms with Gasteiger partial charge in [0.05, 0.1) is 6.61 Å². The number of halogens is 1. The summed E-state index contributed by atoms with van der Waals surface area (Å²) in [6.45, 7) is 2.30. The molecule has 1 aliphatic carbocycles. The second-order valence-electron chi connectivity index (χ2n) is 6.23. The SMILES string of the molecule is CCOc1cc(/C=C2\NC(=S)N(C3CCCCC3)C2=O)c(Br)cc1O. The molecule has 2 N–H and O–H groups in total. The number of benzene rings is 1. The maximum absolute atomic E-state index is 12.8. The third kappa shape index (κ3) is 3.82. The normalized spacial score (nSPS) is 20.2. The third-order valence-electron chi connectivity index (χ3n) is 4.53. The molecule has 2 aliphatic rings. The minimum absolute atomic E-state index is 0.0564. The highest BCUT2D eigenvalue weighted by Crippen LogP contribution is 2.34. The number of thiocarbonyl (C=S) groups is 1. The van der Waals surface area contributed by atoms with Crippen molar-refractivity contribution >= 4 is 45.2 Å². The maximum atomic E-state index is 12.8. The topological polar surface area (TPSA) is 61.8 Å². The van der Waals surface area contributed by atoms with Gasteiger partial charge in [-0.05, 0) is 55.8 Å². The Hall–Kier alpha value is -1.60. The molecule has 1 saturated heterocycles. The molecule has 1 saturated carbocycles. The first-order valence-corrected chi connectivity index (χ1v) is 9.73. The number of aromatic hydroxyl groups is 1. The smallest absolute Gasteiger partial charge is 0.276 e. The number of ether oxygens (including phenoxy) is 1. The molecule has 0 bridgehead atoms. The van der Waals surface area contributed by atoms with E-state index in [9.17, 15) is 9.90 Å². The summed E-state index contributed by atoms with van der Waals surface area (Å²) in [6, 6.07) is 3.46. The third-order valence-corrected chi connectivity index (χ3v) is 5.51. The molecule has 0 radical (unpaired) electrons. The van der Waals surface area contributed by atoms with Crippen LogP contribution in [-0.2, 0) is 4.79 Å². The number of hydrogen-bond acceptors (Lipinski definition) is 4. The Balaban J connectivity index is 1.88. The van der Waals surface area contributed by atoms with E-state index < -0.39 is 0 Å². The summed E-state index contributed by atoms with van der Waals surface area (Å²) in [5, 5.41) is 13.4. The summed E-state index contributed by atoms with van der Waals surface area (Å²) >= 11 is 8.81. The Morgan fingerprint density at radius 3 is 2.80 bits per heavy atom. The summed E-state index contributed by atoms with van der Waals surface area (Å²) in [4.78, 5) is 14.5. The fraction of sp³-hybridized carbons (Fsp3) is 0.444. The van der Waals surface area contributed by atoms with Crippen LogP contribution in [0, 0.1) is 0 Å². The number of phenols is 1. The zero-order valence-electron chi connectivity index (χ0n) is 14.0. The van der Waals surface area contributed by atoms with E-state index in [-0.39, 0.29) is 17.7 Å². The fourth-order valence-electron chi connectivity index (χ4n) is 3.32. The average molecular weight is 425 g/mol. The van der Waals surface area contributed by atoms with Gasteiger partial charge < -0.3 is 15.2 Å². The summed E-state index contributed by atoms with van der Waals surface area (Å²) in [6.07, 6.45) is 7.23. The standard InChI is InChI=1S/C18H21BrN2O3S/c1-2-24-16-9-11(13(19)10-15(16)22)8-14-17(23)21(18(25)20-14)12-6-4-3-5-7-12/h8-10,12,22H,2-7H2,1H3,(H,20,25)/b14-8-. The van der Waals surface area contributed by atoms with Crippen molar-refractivity contribution in [1.29, 1.82) is 0 Å². The van der Waals surface area contributed by atoms with Crippen molar-refractivity contribution in [2.75, 3.05) is 6.61 Å². The van der Waals surface area contributed by atoms with Gasteiger partial charge in [0.15, 0.2) is 16.6 Å². The molecule has 3 rings (SSSR count). The van der Waals surface area contributed by atoms with E-state index >= 15 is 0 Å². The van der Waals surface area contributed by atoms with Gasteiger partial charge in [-0.25, -0.2) is 0 Å². The molecule has 0 aromatic heterocycles. The maximum Gasteiger partial charge on any atom is 0.276 e. The van der Waals surface area contributed by atoms with Crippen LogP contribution in [0.3, 0.4) is 0 Å². The van der Waals surface area contributed by atoms with E-state index in [1.807, 2.05) is 6.92 Å². The molecule has 1 heterocycles. The highest BCUT2D eigenvalue weighted by molar-refractivity contribution is 9.10. The van der Waals surface area contributed by atoms with Crippen LogP contribution in [0.1, 0.15) is 44.6 Å². The molecule has 134 valence electrons. The van der Waals surface area contributed by atoms with Crippen LogP contribution in [0.2, 0.25) is 0 Å².